The van der Waals surface area contributed by atoms with Crippen LogP contribution in [0.1, 0.15) is 28.2 Å². The molecule has 5 rings (SSSR count). The van der Waals surface area contributed by atoms with Gasteiger partial charge in [-0.25, -0.2) is 8.42 Å². The first-order valence-electron chi connectivity index (χ1n) is 10.2. The summed E-state index contributed by atoms with van der Waals surface area (Å²) in [4.78, 5) is 3.02. The van der Waals surface area contributed by atoms with E-state index in [1.54, 1.807) is 12.1 Å². The molecule has 4 aromatic rings. The SMILES string of the molecule is Cc1ccc(C2CS(=O)(=O)N(S(=O)(=O)c3ccc(C)cc3)c3[nH]c4ccccc4c32)cc1. The van der Waals surface area contributed by atoms with E-state index in [0.29, 0.717) is 14.8 Å². The molecule has 1 aliphatic heterocycles. The highest BCUT2D eigenvalue weighted by atomic mass is 32.3. The monoisotopic (exact) mass is 466 g/mol. The van der Waals surface area contributed by atoms with E-state index in [-0.39, 0.29) is 16.5 Å². The van der Waals surface area contributed by atoms with Gasteiger partial charge in [0.25, 0.3) is 20.0 Å². The molecule has 164 valence electrons. The van der Waals surface area contributed by atoms with Crippen molar-refractivity contribution in [2.45, 2.75) is 24.7 Å². The third-order valence-corrected chi connectivity index (χ3v) is 10.1. The Morgan fingerprint density at radius 1 is 0.875 bits per heavy atom. The van der Waals surface area contributed by atoms with Crippen LogP contribution in [0.3, 0.4) is 0 Å². The maximum Gasteiger partial charge on any atom is 0.278 e. The molecule has 1 aliphatic rings. The average molecular weight is 467 g/mol. The van der Waals surface area contributed by atoms with Crippen LogP contribution >= 0.6 is 0 Å². The number of nitrogens with zero attached hydrogens (tertiary/aromatic N) is 1. The molecule has 32 heavy (non-hydrogen) atoms. The number of sulfonamides is 2. The molecule has 3 aromatic carbocycles. The highest BCUT2D eigenvalue weighted by molar-refractivity contribution is 8.10. The highest BCUT2D eigenvalue weighted by Gasteiger charge is 2.46. The third-order valence-electron chi connectivity index (χ3n) is 5.90. The van der Waals surface area contributed by atoms with Gasteiger partial charge in [0.2, 0.25) is 0 Å². The number of nitrogens with one attached hydrogen (secondary N) is 1. The number of anilines is 1. The fourth-order valence-corrected chi connectivity index (χ4v) is 8.31. The van der Waals surface area contributed by atoms with Gasteiger partial charge in [-0.2, -0.15) is 8.42 Å². The Hall–Kier alpha value is -3.10. The molecular weight excluding hydrogens is 444 g/mol. The zero-order chi connectivity index (χ0) is 22.7. The first-order valence-corrected chi connectivity index (χ1v) is 13.3. The maximum absolute atomic E-state index is 13.6. The topological polar surface area (TPSA) is 87.3 Å². The van der Waals surface area contributed by atoms with E-state index in [1.807, 2.05) is 62.4 Å². The Labute approximate surface area is 187 Å². The predicted octanol–water partition coefficient (Wildman–Crippen LogP) is 4.46. The summed E-state index contributed by atoms with van der Waals surface area (Å²) in [7, 11) is -8.54. The largest absolute Gasteiger partial charge is 0.339 e. The predicted molar refractivity (Wildman–Crippen MR) is 126 cm³/mol. The van der Waals surface area contributed by atoms with Crippen molar-refractivity contribution >= 4 is 36.8 Å². The molecule has 0 fully saturated rings. The average Bonchev–Trinajstić information content (AvgIpc) is 3.11. The van der Waals surface area contributed by atoms with Gasteiger partial charge in [-0.3, -0.25) is 0 Å². The Balaban J connectivity index is 1.79. The minimum Gasteiger partial charge on any atom is -0.339 e. The van der Waals surface area contributed by atoms with Gasteiger partial charge in [-0.15, -0.1) is 3.71 Å². The standard InChI is InChI=1S/C24H22N2O4S2/c1-16-7-11-18(12-8-16)21-15-31(27,28)26(32(29,30)19-13-9-17(2)10-14-19)24-23(21)20-5-3-4-6-22(20)25-24/h3-14,21,25H,15H2,1-2H3. The fraction of sp³-hybridized carbons (Fsp3) is 0.167. The van der Waals surface area contributed by atoms with E-state index in [4.69, 9.17) is 0 Å². The zero-order valence-electron chi connectivity index (χ0n) is 17.6. The van der Waals surface area contributed by atoms with Crippen LogP contribution < -0.4 is 3.71 Å². The van der Waals surface area contributed by atoms with Crippen molar-refractivity contribution in [3.05, 3.63) is 95.1 Å². The van der Waals surface area contributed by atoms with Gasteiger partial charge in [-0.05, 0) is 37.6 Å². The summed E-state index contributed by atoms with van der Waals surface area (Å²) in [5, 5.41) is 0.812. The number of aryl methyl sites for hydroxylation is 2. The summed E-state index contributed by atoms with van der Waals surface area (Å²) in [6.07, 6.45) is 0. The summed E-state index contributed by atoms with van der Waals surface area (Å²) in [6.45, 7) is 3.81. The van der Waals surface area contributed by atoms with Crippen molar-refractivity contribution in [2.75, 3.05) is 9.46 Å². The van der Waals surface area contributed by atoms with Crippen LogP contribution in [-0.2, 0) is 20.0 Å². The van der Waals surface area contributed by atoms with E-state index in [0.717, 1.165) is 22.1 Å². The number of rotatable bonds is 3. The maximum atomic E-state index is 13.6. The number of hydrogen-bond acceptors (Lipinski definition) is 4. The lowest BCUT2D eigenvalue weighted by molar-refractivity contribution is 0.579. The van der Waals surface area contributed by atoms with Crippen molar-refractivity contribution in [1.29, 1.82) is 0 Å². The quantitative estimate of drug-likeness (QED) is 0.483. The van der Waals surface area contributed by atoms with Gasteiger partial charge in [0.1, 0.15) is 5.82 Å². The van der Waals surface area contributed by atoms with Gasteiger partial charge < -0.3 is 4.98 Å². The second-order valence-corrected chi connectivity index (χ2v) is 12.1. The van der Waals surface area contributed by atoms with Gasteiger partial charge in [0, 0.05) is 22.4 Å². The molecule has 0 aliphatic carbocycles. The summed E-state index contributed by atoms with van der Waals surface area (Å²) < 4.78 is 54.7. The molecular formula is C24H22N2O4S2. The van der Waals surface area contributed by atoms with Gasteiger partial charge in [0.05, 0.1) is 10.6 Å². The molecule has 0 saturated heterocycles. The number of fused-ring (bicyclic) bond motifs is 3. The van der Waals surface area contributed by atoms with Crippen LogP contribution in [0.15, 0.2) is 77.7 Å². The number of aromatic nitrogens is 1. The van der Waals surface area contributed by atoms with Gasteiger partial charge >= 0.3 is 0 Å². The second kappa shape index (κ2) is 7.21. The smallest absolute Gasteiger partial charge is 0.278 e. The molecule has 0 bridgehead atoms. The Bertz CT molecular complexity index is 1540. The molecule has 0 amide bonds. The molecule has 2 heterocycles. The summed E-state index contributed by atoms with van der Waals surface area (Å²) in [5.74, 6) is -0.740. The van der Waals surface area contributed by atoms with Crippen molar-refractivity contribution < 1.29 is 16.8 Å². The molecule has 0 saturated carbocycles. The van der Waals surface area contributed by atoms with E-state index < -0.39 is 26.0 Å². The van der Waals surface area contributed by atoms with Crippen LogP contribution in [0.25, 0.3) is 10.9 Å². The Kier molecular flexibility index (Phi) is 4.69. The molecule has 1 unspecified atom stereocenters. The van der Waals surface area contributed by atoms with E-state index in [9.17, 15) is 16.8 Å². The zero-order valence-corrected chi connectivity index (χ0v) is 19.2. The summed E-state index contributed by atoms with van der Waals surface area (Å²) in [6, 6.07) is 21.3. The first kappa shape index (κ1) is 20.8. The van der Waals surface area contributed by atoms with Gasteiger partial charge in [0.15, 0.2) is 0 Å². The minimum atomic E-state index is -4.35. The van der Waals surface area contributed by atoms with Crippen LogP contribution in [-0.4, -0.2) is 27.6 Å². The normalized spacial score (nSPS) is 17.9. The molecule has 8 heteroatoms. The first-order chi connectivity index (χ1) is 15.2. The second-order valence-electron chi connectivity index (χ2n) is 8.19. The molecule has 0 radical (unpaired) electrons. The number of aromatic amines is 1. The van der Waals surface area contributed by atoms with E-state index >= 15 is 0 Å². The highest BCUT2D eigenvalue weighted by Crippen LogP contribution is 2.46. The third kappa shape index (κ3) is 3.22. The molecule has 6 nitrogen and oxygen atoms in total. The molecule has 1 aromatic heterocycles. The van der Waals surface area contributed by atoms with Crippen molar-refractivity contribution in [3.8, 4) is 0 Å². The lowest BCUT2D eigenvalue weighted by Gasteiger charge is -2.32. The van der Waals surface area contributed by atoms with Crippen LogP contribution in [0.5, 0.6) is 0 Å². The fourth-order valence-electron chi connectivity index (χ4n) is 4.28. The molecule has 1 atom stereocenters. The number of H-pyrrole nitrogens is 1. The Morgan fingerprint density at radius 3 is 2.12 bits per heavy atom. The minimum absolute atomic E-state index is 0.0648. The van der Waals surface area contributed by atoms with Crippen LogP contribution in [0.4, 0.5) is 5.82 Å². The van der Waals surface area contributed by atoms with Crippen LogP contribution in [0.2, 0.25) is 0 Å². The lowest BCUT2D eigenvalue weighted by Crippen LogP contribution is -2.43. The van der Waals surface area contributed by atoms with E-state index in [2.05, 4.69) is 4.98 Å². The lowest BCUT2D eigenvalue weighted by atomic mass is 9.91. The van der Waals surface area contributed by atoms with Crippen LogP contribution in [0, 0.1) is 13.8 Å². The number of hydrogen-bond donors (Lipinski definition) is 1. The van der Waals surface area contributed by atoms with Crippen molar-refractivity contribution in [2.24, 2.45) is 0 Å². The number of benzene rings is 3. The molecule has 0 spiro atoms. The Morgan fingerprint density at radius 2 is 1.47 bits per heavy atom. The number of para-hydroxylation sites is 1. The summed E-state index contributed by atoms with van der Waals surface area (Å²) >= 11 is 0. The summed E-state index contributed by atoms with van der Waals surface area (Å²) in [5.41, 5.74) is 4.15. The van der Waals surface area contributed by atoms with E-state index in [1.165, 1.54) is 12.1 Å². The molecule has 1 N–H and O–H groups in total. The van der Waals surface area contributed by atoms with Gasteiger partial charge in [-0.1, -0.05) is 65.7 Å². The van der Waals surface area contributed by atoms with Crippen molar-refractivity contribution in [3.63, 3.8) is 0 Å². The van der Waals surface area contributed by atoms with Crippen molar-refractivity contribution in [1.82, 2.24) is 4.98 Å².